The second kappa shape index (κ2) is 52.5. The molecule has 0 spiro atoms. The average Bonchev–Trinajstić information content (AvgIpc) is 1.53. The molecule has 28 nitrogen and oxygen atoms in total. The number of rotatable bonds is 47. The van der Waals surface area contributed by atoms with Gasteiger partial charge in [0.2, 0.25) is 0 Å². The Morgan fingerprint density at radius 2 is 0.370 bits per heavy atom. The lowest BCUT2D eigenvalue weighted by atomic mass is 9.97. The minimum atomic E-state index is -2.02. The molecule has 5 saturated heterocycles. The zero-order chi connectivity index (χ0) is 99.8. The van der Waals surface area contributed by atoms with Crippen molar-refractivity contribution < 1.29 is 133 Å². The molecule has 0 aliphatic carbocycles. The molecule has 22 unspecified atom stereocenters. The van der Waals surface area contributed by atoms with Crippen molar-refractivity contribution >= 4 is 29.8 Å². The van der Waals surface area contributed by atoms with Crippen LogP contribution in [0.1, 0.15) is 96.3 Å². The molecule has 18 rings (SSSR count). The van der Waals surface area contributed by atoms with E-state index >= 15 is 9.59 Å². The van der Waals surface area contributed by atoms with Crippen LogP contribution in [0.3, 0.4) is 0 Å². The number of ether oxygens (including phenoxy) is 22. The van der Waals surface area contributed by atoms with Crippen LogP contribution in [0, 0.1) is 0 Å². The molecule has 1 N–H and O–H groups in total. The maximum Gasteiger partial charge on any atom is 0.338 e. The first kappa shape index (κ1) is 103. The Labute approximate surface area is 846 Å². The number of hydrogen-bond acceptors (Lipinski definition) is 28. The fourth-order valence-corrected chi connectivity index (χ4v) is 17.9. The molecule has 0 radical (unpaired) electrons. The van der Waals surface area contributed by atoms with E-state index < -0.39 is 185 Å². The SMILES string of the molecule is O=C(OC1C(O)OC(COC2OC(COC3OC(COCc4ccccc4)C(OCc4ccccc4)C(OCc4ccccc4)C3OC(=O)c3ccccc3)C(OCc3ccccc3)C2OC(=O)c2ccccc2)C1OC1OC(COC2OC(COCc3ccccc3)C(OCc3ccccc3)C(OCc3ccccc3)C2OC(=O)c2ccccc2)C(OCc2ccccc2)C1OC(=O)c1ccccc1)c1ccccc1. The predicted octanol–water partition coefficient (Wildman–Crippen LogP) is 17.1. The molecule has 146 heavy (non-hydrogen) atoms. The number of carbonyl (C=O) groups excluding carboxylic acids is 5. The van der Waals surface area contributed by atoms with Crippen molar-refractivity contribution in [3.8, 4) is 0 Å². The Morgan fingerprint density at radius 3 is 0.623 bits per heavy atom. The molecule has 0 amide bonds. The molecule has 13 aromatic rings. The van der Waals surface area contributed by atoms with Gasteiger partial charge in [-0.2, -0.15) is 0 Å². The van der Waals surface area contributed by atoms with Crippen LogP contribution in [0.2, 0.25) is 0 Å². The van der Waals surface area contributed by atoms with Gasteiger partial charge in [-0.05, 0) is 105 Å². The third-order valence-corrected chi connectivity index (χ3v) is 25.3. The minimum absolute atomic E-state index is 0.000141. The first-order valence-corrected chi connectivity index (χ1v) is 48.8. The van der Waals surface area contributed by atoms with Crippen LogP contribution in [0.15, 0.2) is 394 Å². The maximum atomic E-state index is 15.2. The van der Waals surface area contributed by atoms with E-state index in [1.165, 1.54) is 12.1 Å². The molecule has 5 aliphatic rings. The van der Waals surface area contributed by atoms with Gasteiger partial charge in [0.1, 0.15) is 73.2 Å². The van der Waals surface area contributed by atoms with E-state index in [0.29, 0.717) is 11.1 Å². The highest BCUT2D eigenvalue weighted by atomic mass is 16.8. The number of aliphatic hydroxyl groups excluding tert-OH is 1. The molecular weight excluding hydrogens is 1870 g/mol. The number of aliphatic hydroxyl groups is 1. The highest BCUT2D eigenvalue weighted by Crippen LogP contribution is 2.41. The van der Waals surface area contributed by atoms with Crippen molar-refractivity contribution in [3.63, 3.8) is 0 Å². The van der Waals surface area contributed by atoms with E-state index in [2.05, 4.69) is 0 Å². The Bertz CT molecular complexity index is 6120. The lowest BCUT2D eigenvalue weighted by molar-refractivity contribution is -0.323. The predicted molar refractivity (Wildman–Crippen MR) is 529 cm³/mol. The summed E-state index contributed by atoms with van der Waals surface area (Å²) in [6.07, 6.45) is -31.4. The topological polar surface area (TPSA) is 309 Å². The summed E-state index contributed by atoms with van der Waals surface area (Å²) in [5.74, 6) is -4.08. The molecule has 0 saturated carbocycles. The van der Waals surface area contributed by atoms with Gasteiger partial charge in [0.05, 0.1) is 114 Å². The molecule has 0 bridgehead atoms. The summed E-state index contributed by atoms with van der Waals surface area (Å²) in [7, 11) is 0. The average molecular weight is 1980 g/mol. The Kier molecular flexibility index (Phi) is 36.9. The summed E-state index contributed by atoms with van der Waals surface area (Å²) < 4.78 is 152. The van der Waals surface area contributed by atoms with Crippen molar-refractivity contribution in [3.05, 3.63) is 467 Å². The molecule has 13 aromatic carbocycles. The van der Waals surface area contributed by atoms with Gasteiger partial charge in [-0.1, -0.05) is 334 Å². The number of esters is 5. The largest absolute Gasteiger partial charge is 0.450 e. The van der Waals surface area contributed by atoms with Crippen LogP contribution in [0.25, 0.3) is 0 Å². The fourth-order valence-electron chi connectivity index (χ4n) is 17.9. The van der Waals surface area contributed by atoms with Gasteiger partial charge >= 0.3 is 29.8 Å². The van der Waals surface area contributed by atoms with Crippen molar-refractivity contribution in [1.82, 2.24) is 0 Å². The van der Waals surface area contributed by atoms with Crippen LogP contribution in [0.4, 0.5) is 0 Å². The molecule has 0 aromatic heterocycles. The first-order valence-electron chi connectivity index (χ1n) is 48.8. The summed E-state index contributed by atoms with van der Waals surface area (Å²) in [4.78, 5) is 75.0. The van der Waals surface area contributed by atoms with E-state index in [1.807, 2.05) is 243 Å². The molecule has 754 valence electrons. The van der Waals surface area contributed by atoms with E-state index in [1.54, 1.807) is 140 Å². The molecule has 5 fully saturated rings. The Balaban J connectivity index is 0.697. The summed E-state index contributed by atoms with van der Waals surface area (Å²) >= 11 is 0. The van der Waals surface area contributed by atoms with Crippen LogP contribution < -0.4 is 0 Å². The Hall–Kier alpha value is -13.5. The van der Waals surface area contributed by atoms with Gasteiger partial charge < -0.3 is 109 Å². The zero-order valence-electron chi connectivity index (χ0n) is 79.9. The van der Waals surface area contributed by atoms with Gasteiger partial charge in [-0.15, -0.1) is 0 Å². The van der Waals surface area contributed by atoms with Crippen LogP contribution in [-0.4, -0.2) is 203 Å². The highest BCUT2D eigenvalue weighted by molar-refractivity contribution is 5.91. The zero-order valence-corrected chi connectivity index (χ0v) is 79.9. The number of benzene rings is 13. The molecule has 22 atom stereocenters. The van der Waals surface area contributed by atoms with E-state index in [9.17, 15) is 19.5 Å². The van der Waals surface area contributed by atoms with Crippen LogP contribution in [0.5, 0.6) is 0 Å². The fraction of sp³-hybridized carbons (Fsp3) is 0.297. The second-order valence-corrected chi connectivity index (χ2v) is 35.6. The van der Waals surface area contributed by atoms with Gasteiger partial charge in [0.15, 0.2) is 62.0 Å². The summed E-state index contributed by atoms with van der Waals surface area (Å²) in [5.41, 5.74) is 7.12. The van der Waals surface area contributed by atoms with Gasteiger partial charge in [-0.25, -0.2) is 24.0 Å². The van der Waals surface area contributed by atoms with E-state index in [-0.39, 0.29) is 93.9 Å². The summed E-state index contributed by atoms with van der Waals surface area (Å²) in [6, 6.07) is 117. The van der Waals surface area contributed by atoms with Gasteiger partial charge in [0.25, 0.3) is 0 Å². The molecule has 28 heteroatoms. The third-order valence-electron chi connectivity index (χ3n) is 25.3. The highest BCUT2D eigenvalue weighted by Gasteiger charge is 2.59. The quantitative estimate of drug-likeness (QED) is 0.0274. The molecule has 5 aliphatic heterocycles. The third kappa shape index (κ3) is 28.0. The molecule has 5 heterocycles. The summed E-state index contributed by atoms with van der Waals surface area (Å²) in [6.45, 7) is -1.60. The number of hydrogen-bond donors (Lipinski definition) is 1. The first-order chi connectivity index (χ1) is 71.9. The smallest absolute Gasteiger partial charge is 0.338 e. The van der Waals surface area contributed by atoms with E-state index in [4.69, 9.17) is 104 Å². The van der Waals surface area contributed by atoms with Crippen LogP contribution >= 0.6 is 0 Å². The van der Waals surface area contributed by atoms with Crippen molar-refractivity contribution in [2.24, 2.45) is 0 Å². The van der Waals surface area contributed by atoms with Crippen molar-refractivity contribution in [1.29, 1.82) is 0 Å². The normalized spacial score (nSPS) is 25.3. The maximum absolute atomic E-state index is 15.2. The van der Waals surface area contributed by atoms with E-state index in [0.717, 1.165) is 33.4 Å². The minimum Gasteiger partial charge on any atom is -0.450 e. The monoisotopic (exact) mass is 1980 g/mol. The standard InChI is InChI=1S/C118H114O28/c119-109(87-56-30-9-31-57-87)141-104-101(146-118-106(143-111(121)89-60-34-11-35-61-89)100(130-71-84-50-24-6-25-51-84)95(140-118)77-134-117-108(145-113(123)91-64-38-13-39-65-91)103(132-73-86-54-28-8-29-55-86)98(128-69-82-46-20-4-21-47-82)93(138-117)75-126-67-80-42-16-2-17-43-80)96(136-114(104)124)78-135-115-105(142-110(120)88-58-32-10-33-59-88)99(129-70-83-48-22-5-23-49-83)94(139-115)76-133-116-107(144-112(122)90-62-36-12-37-63-90)102(131-72-85-52-26-7-27-53-85)97(127-68-81-44-18-3-19-45-81)92(137-116)74-125-66-79-40-14-1-15-41-79/h1-65,92-108,114-118,124H,66-78H2. The van der Waals surface area contributed by atoms with Gasteiger partial charge in [-0.3, -0.25) is 0 Å². The Morgan fingerprint density at radius 1 is 0.185 bits per heavy atom. The van der Waals surface area contributed by atoms with Crippen LogP contribution in [-0.2, 0) is 157 Å². The van der Waals surface area contributed by atoms with Crippen molar-refractivity contribution in [2.75, 3.05) is 33.0 Å². The number of carbonyl (C=O) groups is 5. The second-order valence-electron chi connectivity index (χ2n) is 35.6. The lowest BCUT2D eigenvalue weighted by Gasteiger charge is -2.45. The van der Waals surface area contributed by atoms with Crippen molar-refractivity contribution in [2.45, 2.75) is 188 Å². The lowest BCUT2D eigenvalue weighted by Crippen LogP contribution is -2.62. The van der Waals surface area contributed by atoms with Gasteiger partial charge in [0, 0.05) is 0 Å². The summed E-state index contributed by atoms with van der Waals surface area (Å²) in [5, 5.41) is 12.7. The molecular formula is C118H114O28.